The molecule has 0 N–H and O–H groups in total. The Morgan fingerprint density at radius 2 is 2.28 bits per heavy atom. The molecule has 6 heteroatoms. The van der Waals surface area contributed by atoms with Gasteiger partial charge in [0.15, 0.2) is 0 Å². The Balaban J connectivity index is 2.27. The Morgan fingerprint density at radius 1 is 1.56 bits per heavy atom. The third-order valence-electron chi connectivity index (χ3n) is 2.88. The van der Waals surface area contributed by atoms with E-state index < -0.39 is 17.7 Å². The fourth-order valence-corrected chi connectivity index (χ4v) is 2.44. The molecule has 4 nitrogen and oxygen atoms in total. The number of ether oxygens (including phenoxy) is 1. The van der Waals surface area contributed by atoms with Crippen LogP contribution in [0.1, 0.15) is 6.42 Å². The van der Waals surface area contributed by atoms with E-state index in [4.69, 9.17) is 0 Å². The molecular formula is C12H11BrFNO3. The standard InChI is InChI=1S/C12H11BrFNO3/c1-18-12(17)7-5-10(16)15(6-7)9-4-2-3-8(14)11(9)13/h2-4,7H,5-6H2,1H3. The lowest BCUT2D eigenvalue weighted by molar-refractivity contribution is -0.145. The van der Waals surface area contributed by atoms with Gasteiger partial charge in [0.1, 0.15) is 5.82 Å². The minimum atomic E-state index is -0.488. The van der Waals surface area contributed by atoms with Gasteiger partial charge in [0.2, 0.25) is 5.91 Å². The molecule has 1 aliphatic rings. The molecule has 0 spiro atoms. The van der Waals surface area contributed by atoms with Crippen LogP contribution in [-0.4, -0.2) is 25.5 Å². The summed E-state index contributed by atoms with van der Waals surface area (Å²) in [5.74, 6) is -1.56. The number of hydrogen-bond donors (Lipinski definition) is 0. The fraction of sp³-hybridized carbons (Fsp3) is 0.333. The lowest BCUT2D eigenvalue weighted by Crippen LogP contribution is -2.26. The molecule has 2 rings (SSSR count). The molecule has 0 aliphatic carbocycles. The van der Waals surface area contributed by atoms with E-state index in [0.717, 1.165) is 0 Å². The maximum atomic E-state index is 13.4. The van der Waals surface area contributed by atoms with Gasteiger partial charge in [0.05, 0.1) is 23.2 Å². The first-order valence-corrected chi connectivity index (χ1v) is 6.16. The lowest BCUT2D eigenvalue weighted by Gasteiger charge is -2.18. The lowest BCUT2D eigenvalue weighted by atomic mass is 10.1. The summed E-state index contributed by atoms with van der Waals surface area (Å²) in [4.78, 5) is 24.6. The first-order chi connectivity index (χ1) is 8.54. The Hall–Kier alpha value is -1.43. The molecule has 18 heavy (non-hydrogen) atoms. The molecule has 1 aromatic carbocycles. The normalized spacial score (nSPS) is 19.2. The number of rotatable bonds is 2. The summed E-state index contributed by atoms with van der Waals surface area (Å²) in [5, 5.41) is 0. The summed E-state index contributed by atoms with van der Waals surface area (Å²) in [7, 11) is 1.29. The Bertz CT molecular complexity index is 506. The van der Waals surface area contributed by atoms with Crippen LogP contribution in [0.2, 0.25) is 0 Å². The van der Waals surface area contributed by atoms with Crippen molar-refractivity contribution in [1.29, 1.82) is 0 Å². The molecule has 1 amide bonds. The van der Waals surface area contributed by atoms with Gasteiger partial charge >= 0.3 is 5.97 Å². The van der Waals surface area contributed by atoms with Gasteiger partial charge in [-0.25, -0.2) is 4.39 Å². The molecule has 0 radical (unpaired) electrons. The number of anilines is 1. The minimum Gasteiger partial charge on any atom is -0.469 e. The molecule has 1 heterocycles. The molecule has 96 valence electrons. The van der Waals surface area contributed by atoms with Gasteiger partial charge in [-0.1, -0.05) is 6.07 Å². The first-order valence-electron chi connectivity index (χ1n) is 5.36. The number of esters is 1. The summed E-state index contributed by atoms with van der Waals surface area (Å²) in [6.07, 6.45) is 0.0929. The molecule has 0 saturated carbocycles. The van der Waals surface area contributed by atoms with Crippen LogP contribution in [0, 0.1) is 11.7 Å². The van der Waals surface area contributed by atoms with Crippen molar-refractivity contribution in [3.63, 3.8) is 0 Å². The maximum Gasteiger partial charge on any atom is 0.311 e. The highest BCUT2D eigenvalue weighted by molar-refractivity contribution is 9.10. The summed E-state index contributed by atoms with van der Waals surface area (Å²) in [6.45, 7) is 0.216. The molecule has 1 fully saturated rings. The zero-order valence-corrected chi connectivity index (χ0v) is 11.2. The van der Waals surface area contributed by atoms with Crippen LogP contribution in [0.5, 0.6) is 0 Å². The topological polar surface area (TPSA) is 46.6 Å². The number of methoxy groups -OCH3 is 1. The van der Waals surface area contributed by atoms with Crippen molar-refractivity contribution in [2.45, 2.75) is 6.42 Å². The van der Waals surface area contributed by atoms with Crippen molar-refractivity contribution in [2.75, 3.05) is 18.6 Å². The first kappa shape index (κ1) is 13.0. The third kappa shape index (κ3) is 2.25. The van der Waals surface area contributed by atoms with Gasteiger partial charge in [0.25, 0.3) is 0 Å². The molecule has 0 aromatic heterocycles. The van der Waals surface area contributed by atoms with Crippen LogP contribution in [0.4, 0.5) is 10.1 Å². The third-order valence-corrected chi connectivity index (χ3v) is 3.67. The predicted octanol–water partition coefficient (Wildman–Crippen LogP) is 2.11. The van der Waals surface area contributed by atoms with E-state index in [1.54, 1.807) is 6.07 Å². The van der Waals surface area contributed by atoms with Gasteiger partial charge in [-0.05, 0) is 28.1 Å². The quantitative estimate of drug-likeness (QED) is 0.785. The van der Waals surface area contributed by atoms with Crippen LogP contribution >= 0.6 is 15.9 Å². The van der Waals surface area contributed by atoms with Gasteiger partial charge in [0, 0.05) is 13.0 Å². The van der Waals surface area contributed by atoms with Crippen molar-refractivity contribution >= 4 is 33.5 Å². The average molecular weight is 316 g/mol. The van der Waals surface area contributed by atoms with Crippen LogP contribution < -0.4 is 4.90 Å². The second kappa shape index (κ2) is 5.06. The van der Waals surface area contributed by atoms with Crippen molar-refractivity contribution in [2.24, 2.45) is 5.92 Å². The highest BCUT2D eigenvalue weighted by Gasteiger charge is 2.36. The number of amides is 1. The second-order valence-corrected chi connectivity index (χ2v) is 4.79. The van der Waals surface area contributed by atoms with E-state index in [2.05, 4.69) is 20.7 Å². The van der Waals surface area contributed by atoms with Crippen LogP contribution in [0.15, 0.2) is 22.7 Å². The van der Waals surface area contributed by atoms with Gasteiger partial charge in [-0.3, -0.25) is 9.59 Å². The van der Waals surface area contributed by atoms with Crippen molar-refractivity contribution < 1.29 is 18.7 Å². The summed E-state index contributed by atoms with van der Waals surface area (Å²) in [5.41, 5.74) is 0.436. The molecule has 1 atom stereocenters. The summed E-state index contributed by atoms with van der Waals surface area (Å²) < 4.78 is 18.2. The van der Waals surface area contributed by atoms with E-state index in [-0.39, 0.29) is 23.3 Å². The molecule has 1 saturated heterocycles. The van der Waals surface area contributed by atoms with E-state index in [9.17, 15) is 14.0 Å². The van der Waals surface area contributed by atoms with Crippen LogP contribution in [0.25, 0.3) is 0 Å². The summed E-state index contributed by atoms with van der Waals surface area (Å²) in [6, 6.07) is 4.45. The number of halogens is 2. The SMILES string of the molecule is COC(=O)C1CC(=O)N(c2cccc(F)c2Br)C1. The smallest absolute Gasteiger partial charge is 0.311 e. The molecule has 1 aromatic rings. The molecule has 0 bridgehead atoms. The van der Waals surface area contributed by atoms with Crippen molar-refractivity contribution in [1.82, 2.24) is 0 Å². The maximum absolute atomic E-state index is 13.4. The Kier molecular flexibility index (Phi) is 3.65. The molecular weight excluding hydrogens is 305 g/mol. The Morgan fingerprint density at radius 3 is 2.94 bits per heavy atom. The number of carbonyl (C=O) groups is 2. The predicted molar refractivity (Wildman–Crippen MR) is 66.6 cm³/mol. The zero-order chi connectivity index (χ0) is 13.3. The number of nitrogens with zero attached hydrogens (tertiary/aromatic N) is 1. The Labute approximate surface area is 112 Å². The van der Waals surface area contributed by atoms with Gasteiger partial charge < -0.3 is 9.64 Å². The highest BCUT2D eigenvalue weighted by atomic mass is 79.9. The monoisotopic (exact) mass is 315 g/mol. The van der Waals surface area contributed by atoms with E-state index >= 15 is 0 Å². The summed E-state index contributed by atoms with van der Waals surface area (Å²) >= 11 is 3.11. The van der Waals surface area contributed by atoms with Gasteiger partial charge in [-0.15, -0.1) is 0 Å². The number of benzene rings is 1. The van der Waals surface area contributed by atoms with Crippen molar-refractivity contribution in [3.05, 3.63) is 28.5 Å². The number of carbonyl (C=O) groups excluding carboxylic acids is 2. The van der Waals surface area contributed by atoms with E-state index in [0.29, 0.717) is 5.69 Å². The highest BCUT2D eigenvalue weighted by Crippen LogP contribution is 2.33. The van der Waals surface area contributed by atoms with Crippen LogP contribution in [0.3, 0.4) is 0 Å². The average Bonchev–Trinajstić information content (AvgIpc) is 2.74. The van der Waals surface area contributed by atoms with E-state index in [1.807, 2.05) is 0 Å². The van der Waals surface area contributed by atoms with E-state index in [1.165, 1.54) is 24.1 Å². The minimum absolute atomic E-state index is 0.0929. The van der Waals surface area contributed by atoms with Crippen LogP contribution in [-0.2, 0) is 14.3 Å². The fourth-order valence-electron chi connectivity index (χ4n) is 1.97. The largest absolute Gasteiger partial charge is 0.469 e. The number of hydrogen-bond acceptors (Lipinski definition) is 3. The zero-order valence-electron chi connectivity index (χ0n) is 9.65. The molecule has 1 unspecified atom stereocenters. The van der Waals surface area contributed by atoms with Gasteiger partial charge in [-0.2, -0.15) is 0 Å². The molecule has 1 aliphatic heterocycles. The second-order valence-electron chi connectivity index (χ2n) is 4.00. The van der Waals surface area contributed by atoms with Crippen molar-refractivity contribution in [3.8, 4) is 0 Å².